The Kier molecular flexibility index (Phi) is 5.19. The molecule has 0 fully saturated rings. The summed E-state index contributed by atoms with van der Waals surface area (Å²) < 4.78 is 5.81. The first-order valence-electron chi connectivity index (χ1n) is 6.63. The molecule has 0 spiro atoms. The second-order valence-corrected chi connectivity index (χ2v) is 14.9. The third-order valence-corrected chi connectivity index (χ3v) is 4.20. The number of rotatable bonds is 2. The smallest absolute Gasteiger partial charge is 0.507 e. The molecule has 1 aromatic rings. The van der Waals surface area contributed by atoms with Gasteiger partial charge in [0.05, 0.1) is 0 Å². The van der Waals surface area contributed by atoms with Gasteiger partial charge in [-0.1, -0.05) is 92.5 Å². The van der Waals surface area contributed by atoms with Gasteiger partial charge >= 0.3 is 6.25 Å². The summed E-state index contributed by atoms with van der Waals surface area (Å²) in [6.45, 7) is 14.9. The first-order chi connectivity index (χ1) is 8.72. The van der Waals surface area contributed by atoms with Crippen LogP contribution in [0.15, 0.2) is 12.1 Å². The van der Waals surface area contributed by atoms with E-state index in [0.29, 0.717) is 0 Å². The van der Waals surface area contributed by atoms with E-state index < -0.39 is 6.25 Å². The van der Waals surface area contributed by atoms with E-state index in [-0.39, 0.29) is 10.8 Å². The minimum absolute atomic E-state index is 0.0777. The minimum Gasteiger partial charge on any atom is -0.507 e. The highest BCUT2D eigenvalue weighted by atomic mass is 35.8. The van der Waals surface area contributed by atoms with Crippen LogP contribution in [0.4, 0.5) is 0 Å². The quantitative estimate of drug-likeness (QED) is 0.459. The van der Waals surface area contributed by atoms with Gasteiger partial charge in [0, 0.05) is 0 Å². The third kappa shape index (κ3) is 4.83. The van der Waals surface area contributed by atoms with E-state index in [2.05, 4.69) is 60.6 Å². The molecule has 0 aromatic heterocycles. The largest absolute Gasteiger partial charge is 0.555 e. The van der Waals surface area contributed by atoms with Gasteiger partial charge in [0.25, 0.3) is 0 Å². The molecule has 0 saturated carbocycles. The van der Waals surface area contributed by atoms with Crippen LogP contribution >= 0.6 is 33.2 Å². The molecule has 0 aliphatic carbocycles. The fourth-order valence-corrected chi connectivity index (χ4v) is 3.26. The lowest BCUT2D eigenvalue weighted by Crippen LogP contribution is -2.27. The van der Waals surface area contributed by atoms with Crippen molar-refractivity contribution >= 4 is 39.5 Å². The molecule has 1 nitrogen and oxygen atoms in total. The fraction of sp³-hybridized carbons (Fsp3) is 0.600. The van der Waals surface area contributed by atoms with Crippen LogP contribution in [0.2, 0.25) is 0 Å². The van der Waals surface area contributed by atoms with Gasteiger partial charge < -0.3 is 4.43 Å². The second kappa shape index (κ2) is 5.72. The highest BCUT2D eigenvalue weighted by Crippen LogP contribution is 2.42. The van der Waals surface area contributed by atoms with Crippen molar-refractivity contribution in [3.63, 3.8) is 0 Å². The van der Waals surface area contributed by atoms with Crippen molar-refractivity contribution in [3.8, 4) is 5.75 Å². The Bertz CT molecular complexity index is 458. The molecule has 0 atom stereocenters. The summed E-state index contributed by atoms with van der Waals surface area (Å²) in [5.74, 6) is 0.738. The van der Waals surface area contributed by atoms with Crippen LogP contribution in [-0.2, 0) is 10.8 Å². The van der Waals surface area contributed by atoms with Crippen molar-refractivity contribution in [1.82, 2.24) is 0 Å². The Balaban J connectivity index is 3.63. The molecular weight excluding hydrogens is 331 g/mol. The van der Waals surface area contributed by atoms with Crippen molar-refractivity contribution < 1.29 is 4.43 Å². The fourth-order valence-electron chi connectivity index (χ4n) is 2.11. The summed E-state index contributed by atoms with van der Waals surface area (Å²) >= 11 is 18.0. The molecule has 0 amide bonds. The Morgan fingerprint density at radius 3 is 1.45 bits per heavy atom. The van der Waals surface area contributed by atoms with Crippen molar-refractivity contribution in [3.05, 3.63) is 28.8 Å². The zero-order chi connectivity index (χ0) is 15.9. The predicted molar refractivity (Wildman–Crippen MR) is 92.5 cm³/mol. The van der Waals surface area contributed by atoms with Crippen molar-refractivity contribution in [2.24, 2.45) is 0 Å². The van der Waals surface area contributed by atoms with Crippen molar-refractivity contribution in [2.75, 3.05) is 0 Å². The van der Waals surface area contributed by atoms with Gasteiger partial charge in [0.15, 0.2) is 0 Å². The zero-order valence-electron chi connectivity index (χ0n) is 13.2. The van der Waals surface area contributed by atoms with Crippen LogP contribution in [0.1, 0.15) is 58.2 Å². The third-order valence-electron chi connectivity index (χ3n) is 3.07. The maximum Gasteiger partial charge on any atom is 0.555 e. The summed E-state index contributed by atoms with van der Waals surface area (Å²) in [5.41, 5.74) is 3.21. The molecule has 0 bridgehead atoms. The molecule has 0 aliphatic rings. The average molecular weight is 354 g/mol. The molecule has 0 heterocycles. The van der Waals surface area contributed by atoms with E-state index in [9.17, 15) is 0 Å². The Morgan fingerprint density at radius 2 is 1.20 bits per heavy atom. The summed E-state index contributed by atoms with van der Waals surface area (Å²) in [6.07, 6.45) is -3.22. The average Bonchev–Trinajstić information content (AvgIpc) is 2.14. The molecule has 1 aromatic carbocycles. The number of hydrogen-bond donors (Lipinski definition) is 0. The summed E-state index contributed by atoms with van der Waals surface area (Å²) in [6, 6.07) is 4.24. The molecule has 1 rings (SSSR count). The molecule has 0 saturated heterocycles. The van der Waals surface area contributed by atoms with E-state index in [1.807, 2.05) is 0 Å². The van der Waals surface area contributed by atoms with E-state index in [1.54, 1.807) is 0 Å². The molecule has 114 valence electrons. The highest BCUT2D eigenvalue weighted by molar-refractivity contribution is 7.62. The van der Waals surface area contributed by atoms with Crippen LogP contribution in [0.3, 0.4) is 0 Å². The molecular formula is C15H23Cl3OSi. The van der Waals surface area contributed by atoms with Crippen LogP contribution in [0, 0.1) is 6.92 Å². The number of benzene rings is 1. The van der Waals surface area contributed by atoms with Crippen molar-refractivity contribution in [1.29, 1.82) is 0 Å². The monoisotopic (exact) mass is 352 g/mol. The maximum atomic E-state index is 6.00. The SMILES string of the molecule is Cc1cc(C(C)(C)C)c(O[Si](Cl)(Cl)Cl)c(C(C)(C)C)c1. The summed E-state index contributed by atoms with van der Waals surface area (Å²) in [4.78, 5) is 0. The maximum absolute atomic E-state index is 6.00. The lowest BCUT2D eigenvalue weighted by molar-refractivity contribution is 0.493. The lowest BCUT2D eigenvalue weighted by Gasteiger charge is -2.31. The number of halogens is 3. The van der Waals surface area contributed by atoms with E-state index in [1.165, 1.54) is 5.56 Å². The number of hydrogen-bond acceptors (Lipinski definition) is 1. The van der Waals surface area contributed by atoms with Gasteiger partial charge in [0.2, 0.25) is 0 Å². The zero-order valence-corrected chi connectivity index (χ0v) is 16.5. The van der Waals surface area contributed by atoms with Gasteiger partial charge in [0.1, 0.15) is 5.75 Å². The standard InChI is InChI=1S/C15H23Cl3OSi/c1-10-8-11(14(2,3)4)13(19-20(16,17)18)12(9-10)15(5,6)7/h8-9H,1-7H3. The van der Waals surface area contributed by atoms with Gasteiger partial charge in [-0.3, -0.25) is 0 Å². The molecule has 0 aliphatic heterocycles. The number of aryl methyl sites for hydroxylation is 1. The molecule has 20 heavy (non-hydrogen) atoms. The van der Waals surface area contributed by atoms with E-state index in [0.717, 1.165) is 16.9 Å². The van der Waals surface area contributed by atoms with Crippen molar-refractivity contribution in [2.45, 2.75) is 59.3 Å². The topological polar surface area (TPSA) is 9.23 Å². The van der Waals surface area contributed by atoms with E-state index >= 15 is 0 Å². The van der Waals surface area contributed by atoms with Crippen LogP contribution < -0.4 is 4.43 Å². The normalized spacial score (nSPS) is 13.5. The van der Waals surface area contributed by atoms with Gasteiger partial charge in [-0.25, -0.2) is 0 Å². The first kappa shape index (κ1) is 18.2. The van der Waals surface area contributed by atoms with Crippen LogP contribution in [0.5, 0.6) is 5.75 Å². The molecule has 0 radical (unpaired) electrons. The lowest BCUT2D eigenvalue weighted by atomic mass is 9.78. The van der Waals surface area contributed by atoms with E-state index in [4.69, 9.17) is 37.7 Å². The predicted octanol–water partition coefficient (Wildman–Crippen LogP) is 6.12. The second-order valence-electron chi connectivity index (χ2n) is 7.24. The van der Waals surface area contributed by atoms with Gasteiger partial charge in [-0.15, -0.1) is 0 Å². The molecule has 0 unspecified atom stereocenters. The van der Waals surface area contributed by atoms with Crippen LogP contribution in [-0.4, -0.2) is 6.25 Å². The molecule has 0 N–H and O–H groups in total. The summed E-state index contributed by atoms with van der Waals surface area (Å²) in [7, 11) is 0. The Labute approximate surface area is 137 Å². The highest BCUT2D eigenvalue weighted by Gasteiger charge is 2.35. The molecule has 5 heteroatoms. The summed E-state index contributed by atoms with van der Waals surface area (Å²) in [5, 5.41) is 0. The van der Waals surface area contributed by atoms with Gasteiger partial charge in [-0.05, 0) is 28.9 Å². The minimum atomic E-state index is -3.22. The Hall–Kier alpha value is 0.107. The van der Waals surface area contributed by atoms with Crippen LogP contribution in [0.25, 0.3) is 0 Å². The van der Waals surface area contributed by atoms with Gasteiger partial charge in [-0.2, -0.15) is 0 Å². The Morgan fingerprint density at radius 1 is 0.850 bits per heavy atom. The first-order valence-corrected chi connectivity index (χ1v) is 11.6.